The van der Waals surface area contributed by atoms with E-state index in [0.29, 0.717) is 5.02 Å². The van der Waals surface area contributed by atoms with Crippen molar-refractivity contribution in [2.75, 3.05) is 41.4 Å². The summed E-state index contributed by atoms with van der Waals surface area (Å²) in [5, 5.41) is 6.37. The second-order valence-corrected chi connectivity index (χ2v) is 8.95. The average molecular weight is 408 g/mol. The lowest BCUT2D eigenvalue weighted by Gasteiger charge is -2.22. The van der Waals surface area contributed by atoms with Gasteiger partial charge in [0, 0.05) is 24.4 Å². The van der Waals surface area contributed by atoms with Gasteiger partial charge in [0.1, 0.15) is 0 Å². The third-order valence-electron chi connectivity index (χ3n) is 4.41. The van der Waals surface area contributed by atoms with Gasteiger partial charge in [0.15, 0.2) is 9.84 Å². The molecular formula is C19H22ClN3O3S. The number of nitrogens with one attached hydrogen (secondary N) is 2. The number of carbonyl (C=O) groups excluding carboxylic acids is 1. The standard InChI is InChI=1S/C19H22ClN3O3S/c1-27(25,26)18-7-3-2-6-15(18)22-19(24)13-21-16-12-14(20)8-9-17(16)23-10-4-5-11-23/h2-3,6-9,12,21H,4-5,10-11,13H2,1H3,(H,22,24). The maximum Gasteiger partial charge on any atom is 0.243 e. The van der Waals surface area contributed by atoms with Gasteiger partial charge in [-0.3, -0.25) is 4.79 Å². The van der Waals surface area contributed by atoms with Crippen LogP contribution < -0.4 is 15.5 Å². The highest BCUT2D eigenvalue weighted by molar-refractivity contribution is 7.90. The molecule has 8 heteroatoms. The quantitative estimate of drug-likeness (QED) is 0.767. The molecule has 1 heterocycles. The second-order valence-electron chi connectivity index (χ2n) is 6.53. The third kappa shape index (κ3) is 4.93. The van der Waals surface area contributed by atoms with Crippen molar-refractivity contribution in [1.82, 2.24) is 0 Å². The number of hydrogen-bond donors (Lipinski definition) is 2. The van der Waals surface area contributed by atoms with E-state index in [0.717, 1.165) is 43.6 Å². The SMILES string of the molecule is CS(=O)(=O)c1ccccc1NC(=O)CNc1cc(Cl)ccc1N1CCCC1. The highest BCUT2D eigenvalue weighted by Gasteiger charge is 2.17. The molecular weight excluding hydrogens is 386 g/mol. The first kappa shape index (κ1) is 19.5. The average Bonchev–Trinajstić information content (AvgIpc) is 3.14. The summed E-state index contributed by atoms with van der Waals surface area (Å²) in [5.41, 5.74) is 2.08. The lowest BCUT2D eigenvalue weighted by molar-refractivity contribution is -0.114. The Morgan fingerprint density at radius 3 is 2.52 bits per heavy atom. The smallest absolute Gasteiger partial charge is 0.243 e. The Balaban J connectivity index is 1.71. The molecule has 0 saturated carbocycles. The van der Waals surface area contributed by atoms with Crippen molar-refractivity contribution in [3.8, 4) is 0 Å². The molecule has 2 N–H and O–H groups in total. The Kier molecular flexibility index (Phi) is 5.92. The summed E-state index contributed by atoms with van der Waals surface area (Å²) in [6.45, 7) is 1.95. The van der Waals surface area contributed by atoms with Crippen molar-refractivity contribution in [3.05, 3.63) is 47.5 Å². The summed E-state index contributed by atoms with van der Waals surface area (Å²) in [7, 11) is -3.43. The molecule has 0 bridgehead atoms. The minimum absolute atomic E-state index is 0.000716. The molecule has 0 unspecified atom stereocenters. The molecule has 1 fully saturated rings. The molecule has 0 spiro atoms. The van der Waals surface area contributed by atoms with Gasteiger partial charge in [-0.15, -0.1) is 0 Å². The van der Waals surface area contributed by atoms with Gasteiger partial charge in [0.25, 0.3) is 0 Å². The topological polar surface area (TPSA) is 78.5 Å². The summed E-state index contributed by atoms with van der Waals surface area (Å²) < 4.78 is 23.7. The fourth-order valence-corrected chi connectivity index (χ4v) is 4.16. The molecule has 0 aliphatic carbocycles. The van der Waals surface area contributed by atoms with E-state index in [1.807, 2.05) is 12.1 Å². The molecule has 2 aromatic rings. The van der Waals surface area contributed by atoms with Crippen molar-refractivity contribution < 1.29 is 13.2 Å². The minimum Gasteiger partial charge on any atom is -0.374 e. The molecule has 0 radical (unpaired) electrons. The number of para-hydroxylation sites is 1. The first-order chi connectivity index (χ1) is 12.8. The van der Waals surface area contributed by atoms with Gasteiger partial charge in [-0.25, -0.2) is 8.42 Å². The van der Waals surface area contributed by atoms with Gasteiger partial charge < -0.3 is 15.5 Å². The molecule has 1 saturated heterocycles. The number of halogens is 1. The summed E-state index contributed by atoms with van der Waals surface area (Å²) in [6, 6.07) is 11.9. The number of hydrogen-bond acceptors (Lipinski definition) is 5. The number of nitrogens with zero attached hydrogens (tertiary/aromatic N) is 1. The molecule has 1 aliphatic heterocycles. The van der Waals surface area contributed by atoms with Crippen LogP contribution in [0.1, 0.15) is 12.8 Å². The van der Waals surface area contributed by atoms with Crippen molar-refractivity contribution in [2.45, 2.75) is 17.7 Å². The number of amides is 1. The van der Waals surface area contributed by atoms with Crippen LogP contribution in [0.15, 0.2) is 47.4 Å². The van der Waals surface area contributed by atoms with E-state index in [2.05, 4.69) is 15.5 Å². The summed E-state index contributed by atoms with van der Waals surface area (Å²) in [4.78, 5) is 14.7. The normalized spacial score (nSPS) is 14.2. The van der Waals surface area contributed by atoms with E-state index in [9.17, 15) is 13.2 Å². The van der Waals surface area contributed by atoms with Gasteiger partial charge in [-0.05, 0) is 43.2 Å². The van der Waals surface area contributed by atoms with E-state index in [-0.39, 0.29) is 23.0 Å². The van der Waals surface area contributed by atoms with Crippen LogP contribution >= 0.6 is 11.6 Å². The van der Waals surface area contributed by atoms with Gasteiger partial charge in [-0.2, -0.15) is 0 Å². The summed E-state index contributed by atoms with van der Waals surface area (Å²) in [6.07, 6.45) is 3.40. The molecule has 27 heavy (non-hydrogen) atoms. The lowest BCUT2D eigenvalue weighted by atomic mass is 10.2. The Labute approximate surface area is 164 Å². The van der Waals surface area contributed by atoms with E-state index >= 15 is 0 Å². The molecule has 144 valence electrons. The maximum absolute atomic E-state index is 12.4. The zero-order valence-corrected chi connectivity index (χ0v) is 16.6. The Morgan fingerprint density at radius 1 is 1.11 bits per heavy atom. The van der Waals surface area contributed by atoms with E-state index < -0.39 is 9.84 Å². The number of anilines is 3. The van der Waals surface area contributed by atoms with Gasteiger partial charge in [0.05, 0.1) is 28.5 Å². The van der Waals surface area contributed by atoms with Crippen molar-refractivity contribution in [3.63, 3.8) is 0 Å². The minimum atomic E-state index is -3.43. The first-order valence-corrected chi connectivity index (χ1v) is 11.0. The third-order valence-corrected chi connectivity index (χ3v) is 5.80. The summed E-state index contributed by atoms with van der Waals surface area (Å²) in [5.74, 6) is -0.335. The number of carbonyl (C=O) groups is 1. The molecule has 1 amide bonds. The highest BCUT2D eigenvalue weighted by Crippen LogP contribution is 2.31. The predicted molar refractivity (Wildman–Crippen MR) is 110 cm³/mol. The van der Waals surface area contributed by atoms with Gasteiger partial charge >= 0.3 is 0 Å². The van der Waals surface area contributed by atoms with Crippen LogP contribution in [0, 0.1) is 0 Å². The molecule has 0 atom stereocenters. The summed E-state index contributed by atoms with van der Waals surface area (Å²) >= 11 is 6.11. The fraction of sp³-hybridized carbons (Fsp3) is 0.316. The van der Waals surface area contributed by atoms with Crippen LogP contribution in [0.5, 0.6) is 0 Å². The number of sulfone groups is 1. The van der Waals surface area contributed by atoms with Crippen LogP contribution in [-0.2, 0) is 14.6 Å². The van der Waals surface area contributed by atoms with E-state index in [4.69, 9.17) is 11.6 Å². The van der Waals surface area contributed by atoms with Crippen LogP contribution in [0.25, 0.3) is 0 Å². The first-order valence-electron chi connectivity index (χ1n) is 8.72. The molecule has 2 aromatic carbocycles. The van der Waals surface area contributed by atoms with Crippen molar-refractivity contribution in [1.29, 1.82) is 0 Å². The zero-order valence-electron chi connectivity index (χ0n) is 15.0. The van der Waals surface area contributed by atoms with Gasteiger partial charge in [-0.1, -0.05) is 23.7 Å². The molecule has 1 aliphatic rings. The van der Waals surface area contributed by atoms with Crippen LogP contribution in [-0.4, -0.2) is 40.2 Å². The number of rotatable bonds is 6. The predicted octanol–water partition coefficient (Wildman–Crippen LogP) is 3.39. The molecule has 3 rings (SSSR count). The Morgan fingerprint density at radius 2 is 1.81 bits per heavy atom. The van der Waals surface area contributed by atoms with Crippen LogP contribution in [0.4, 0.5) is 17.1 Å². The monoisotopic (exact) mass is 407 g/mol. The number of benzene rings is 2. The largest absolute Gasteiger partial charge is 0.374 e. The van der Waals surface area contributed by atoms with Crippen LogP contribution in [0.2, 0.25) is 5.02 Å². The van der Waals surface area contributed by atoms with E-state index in [1.54, 1.807) is 24.3 Å². The second kappa shape index (κ2) is 8.19. The Hall–Kier alpha value is -2.25. The highest BCUT2D eigenvalue weighted by atomic mass is 35.5. The molecule has 6 nitrogen and oxygen atoms in total. The maximum atomic E-state index is 12.4. The zero-order chi connectivity index (χ0) is 19.4. The van der Waals surface area contributed by atoms with E-state index in [1.165, 1.54) is 6.07 Å². The Bertz CT molecular complexity index is 941. The van der Waals surface area contributed by atoms with Crippen molar-refractivity contribution >= 4 is 44.4 Å². The van der Waals surface area contributed by atoms with Crippen LogP contribution in [0.3, 0.4) is 0 Å². The van der Waals surface area contributed by atoms with Gasteiger partial charge in [0.2, 0.25) is 5.91 Å². The van der Waals surface area contributed by atoms with Crippen molar-refractivity contribution in [2.24, 2.45) is 0 Å². The lowest BCUT2D eigenvalue weighted by Crippen LogP contribution is -2.24. The fourth-order valence-electron chi connectivity index (χ4n) is 3.15. The molecule has 0 aromatic heterocycles.